The number of hydrogen-bond donors (Lipinski definition) is 2. The van der Waals surface area contributed by atoms with E-state index in [1.54, 1.807) is 30.5 Å². The zero-order valence-corrected chi connectivity index (χ0v) is 13.3. The van der Waals surface area contributed by atoms with Crippen LogP contribution in [0.25, 0.3) is 0 Å². The van der Waals surface area contributed by atoms with Crippen LogP contribution in [0.2, 0.25) is 0 Å². The Kier molecular flexibility index (Phi) is 6.54. The summed E-state index contributed by atoms with van der Waals surface area (Å²) < 4.78 is 12.9. The summed E-state index contributed by atoms with van der Waals surface area (Å²) in [7, 11) is 0. The second-order valence-electron chi connectivity index (χ2n) is 5.37. The molecule has 23 heavy (non-hydrogen) atoms. The predicted octanol–water partition coefficient (Wildman–Crippen LogP) is 3.75. The third kappa shape index (κ3) is 5.70. The zero-order chi connectivity index (χ0) is 16.5. The van der Waals surface area contributed by atoms with E-state index in [-0.39, 0.29) is 11.7 Å². The van der Waals surface area contributed by atoms with E-state index in [9.17, 15) is 9.18 Å². The summed E-state index contributed by atoms with van der Waals surface area (Å²) in [6.45, 7) is 3.35. The van der Waals surface area contributed by atoms with Crippen LogP contribution in [0.3, 0.4) is 0 Å². The fraction of sp³-hybridized carbons (Fsp3) is 0.333. The Morgan fingerprint density at radius 3 is 2.70 bits per heavy atom. The molecule has 0 unspecified atom stereocenters. The third-order valence-corrected chi connectivity index (χ3v) is 3.47. The molecule has 0 bridgehead atoms. The molecule has 1 aromatic heterocycles. The number of benzene rings is 1. The predicted molar refractivity (Wildman–Crippen MR) is 89.8 cm³/mol. The van der Waals surface area contributed by atoms with Crippen molar-refractivity contribution in [1.29, 1.82) is 0 Å². The molecular weight excluding hydrogens is 293 g/mol. The molecule has 0 aliphatic carbocycles. The average molecular weight is 315 g/mol. The van der Waals surface area contributed by atoms with Crippen molar-refractivity contribution in [3.8, 4) is 0 Å². The Morgan fingerprint density at radius 2 is 1.96 bits per heavy atom. The molecule has 1 aromatic carbocycles. The van der Waals surface area contributed by atoms with Crippen LogP contribution in [0.1, 0.15) is 42.2 Å². The summed E-state index contributed by atoms with van der Waals surface area (Å²) >= 11 is 0. The van der Waals surface area contributed by atoms with Crippen molar-refractivity contribution in [2.24, 2.45) is 0 Å². The number of rotatable bonds is 8. The van der Waals surface area contributed by atoms with E-state index < -0.39 is 0 Å². The smallest absolute Gasteiger partial charge is 0.269 e. The van der Waals surface area contributed by atoms with Crippen molar-refractivity contribution in [1.82, 2.24) is 10.3 Å². The lowest BCUT2D eigenvalue weighted by atomic mass is 10.2. The maximum atomic E-state index is 12.9. The van der Waals surface area contributed by atoms with E-state index in [1.165, 1.54) is 12.1 Å². The number of carbonyl (C=O) groups excluding carboxylic acids is 1. The maximum Gasteiger partial charge on any atom is 0.269 e. The van der Waals surface area contributed by atoms with Gasteiger partial charge in [0.25, 0.3) is 5.91 Å². The third-order valence-electron chi connectivity index (χ3n) is 3.47. The highest BCUT2D eigenvalue weighted by Gasteiger charge is 2.07. The lowest BCUT2D eigenvalue weighted by molar-refractivity contribution is 0.0948. The molecule has 0 aliphatic rings. The van der Waals surface area contributed by atoms with Gasteiger partial charge < -0.3 is 10.6 Å². The molecule has 0 atom stereocenters. The molecule has 0 spiro atoms. The highest BCUT2D eigenvalue weighted by Crippen LogP contribution is 2.11. The molecule has 2 rings (SSSR count). The van der Waals surface area contributed by atoms with Crippen molar-refractivity contribution in [3.05, 3.63) is 59.7 Å². The molecule has 0 radical (unpaired) electrons. The fourth-order valence-corrected chi connectivity index (χ4v) is 2.14. The SMILES string of the molecule is CCCCCNC(=O)c1cc(NCc2ccc(F)cc2)ccn1. The number of hydrogen-bond acceptors (Lipinski definition) is 3. The van der Waals surface area contributed by atoms with Gasteiger partial charge in [-0.05, 0) is 36.2 Å². The van der Waals surface area contributed by atoms with E-state index in [0.29, 0.717) is 18.8 Å². The van der Waals surface area contributed by atoms with Gasteiger partial charge in [0.2, 0.25) is 0 Å². The second-order valence-corrected chi connectivity index (χ2v) is 5.37. The summed E-state index contributed by atoms with van der Waals surface area (Å²) in [5.41, 5.74) is 2.17. The number of nitrogens with zero attached hydrogens (tertiary/aromatic N) is 1. The van der Waals surface area contributed by atoms with Crippen LogP contribution in [0.5, 0.6) is 0 Å². The van der Waals surface area contributed by atoms with Crippen LogP contribution in [0.4, 0.5) is 10.1 Å². The summed E-state index contributed by atoms with van der Waals surface area (Å²) in [6, 6.07) is 9.84. The Labute approximate surface area is 136 Å². The molecule has 1 amide bonds. The summed E-state index contributed by atoms with van der Waals surface area (Å²) in [6.07, 6.45) is 4.81. The molecule has 4 nitrogen and oxygen atoms in total. The van der Waals surface area contributed by atoms with Crippen LogP contribution in [-0.4, -0.2) is 17.4 Å². The number of carbonyl (C=O) groups is 1. The van der Waals surface area contributed by atoms with Crippen LogP contribution < -0.4 is 10.6 Å². The molecule has 5 heteroatoms. The molecule has 0 aliphatic heterocycles. The van der Waals surface area contributed by atoms with Crippen molar-refractivity contribution in [3.63, 3.8) is 0 Å². The molecule has 2 N–H and O–H groups in total. The minimum Gasteiger partial charge on any atom is -0.381 e. The first-order valence-electron chi connectivity index (χ1n) is 7.91. The number of nitrogens with one attached hydrogen (secondary N) is 2. The topological polar surface area (TPSA) is 54.0 Å². The van der Waals surface area contributed by atoms with E-state index in [1.807, 2.05) is 0 Å². The highest BCUT2D eigenvalue weighted by atomic mass is 19.1. The first-order chi connectivity index (χ1) is 11.2. The van der Waals surface area contributed by atoms with Gasteiger partial charge in [-0.3, -0.25) is 9.78 Å². The maximum absolute atomic E-state index is 12.9. The molecular formula is C18H22FN3O. The number of anilines is 1. The van der Waals surface area contributed by atoms with Gasteiger partial charge in [-0.2, -0.15) is 0 Å². The lowest BCUT2D eigenvalue weighted by Crippen LogP contribution is -2.25. The molecule has 1 heterocycles. The Morgan fingerprint density at radius 1 is 1.17 bits per heavy atom. The molecule has 0 saturated heterocycles. The van der Waals surface area contributed by atoms with Gasteiger partial charge in [0.1, 0.15) is 11.5 Å². The second kappa shape index (κ2) is 8.88. The fourth-order valence-electron chi connectivity index (χ4n) is 2.14. The summed E-state index contributed by atoms with van der Waals surface area (Å²) in [4.78, 5) is 16.1. The Balaban J connectivity index is 1.88. The zero-order valence-electron chi connectivity index (χ0n) is 13.3. The van der Waals surface area contributed by atoms with E-state index >= 15 is 0 Å². The van der Waals surface area contributed by atoms with Gasteiger partial charge in [0.05, 0.1) is 0 Å². The normalized spacial score (nSPS) is 10.3. The number of pyridine rings is 1. The number of unbranched alkanes of at least 4 members (excludes halogenated alkanes) is 2. The molecule has 122 valence electrons. The van der Waals surface area contributed by atoms with E-state index in [2.05, 4.69) is 22.5 Å². The van der Waals surface area contributed by atoms with Crippen molar-refractivity contribution in [2.45, 2.75) is 32.7 Å². The lowest BCUT2D eigenvalue weighted by Gasteiger charge is -2.08. The van der Waals surface area contributed by atoms with E-state index in [0.717, 1.165) is 30.5 Å². The minimum absolute atomic E-state index is 0.161. The first-order valence-corrected chi connectivity index (χ1v) is 7.91. The number of aromatic nitrogens is 1. The average Bonchev–Trinajstić information content (AvgIpc) is 2.58. The standard InChI is InChI=1S/C18H22FN3O/c1-2-3-4-10-21-18(23)17-12-16(9-11-20-17)22-13-14-5-7-15(19)8-6-14/h5-9,11-12H,2-4,10,13H2,1H3,(H,20,22)(H,21,23). The van der Waals surface area contributed by atoms with Crippen LogP contribution in [0, 0.1) is 5.82 Å². The van der Waals surface area contributed by atoms with Gasteiger partial charge in [0, 0.05) is 25.0 Å². The first kappa shape index (κ1) is 16.9. The number of amides is 1. The summed E-state index contributed by atoms with van der Waals surface area (Å²) in [5, 5.41) is 6.08. The van der Waals surface area contributed by atoms with Crippen LogP contribution in [-0.2, 0) is 6.54 Å². The van der Waals surface area contributed by atoms with Crippen LogP contribution in [0.15, 0.2) is 42.6 Å². The highest BCUT2D eigenvalue weighted by molar-refractivity contribution is 5.93. The van der Waals surface area contributed by atoms with E-state index in [4.69, 9.17) is 0 Å². The van der Waals surface area contributed by atoms with Gasteiger partial charge in [-0.1, -0.05) is 31.9 Å². The van der Waals surface area contributed by atoms with Gasteiger partial charge >= 0.3 is 0 Å². The molecule has 0 fully saturated rings. The molecule has 0 saturated carbocycles. The number of halogens is 1. The van der Waals surface area contributed by atoms with Gasteiger partial charge in [-0.15, -0.1) is 0 Å². The van der Waals surface area contributed by atoms with Crippen molar-refractivity contribution >= 4 is 11.6 Å². The largest absolute Gasteiger partial charge is 0.381 e. The molecule has 2 aromatic rings. The van der Waals surface area contributed by atoms with Crippen molar-refractivity contribution < 1.29 is 9.18 Å². The van der Waals surface area contributed by atoms with Gasteiger partial charge in [0.15, 0.2) is 0 Å². The Bertz CT molecular complexity index is 628. The van der Waals surface area contributed by atoms with Crippen LogP contribution >= 0.6 is 0 Å². The summed E-state index contributed by atoms with van der Waals surface area (Å²) in [5.74, 6) is -0.411. The van der Waals surface area contributed by atoms with Crippen molar-refractivity contribution in [2.75, 3.05) is 11.9 Å². The minimum atomic E-state index is -0.250. The van der Waals surface area contributed by atoms with Gasteiger partial charge in [-0.25, -0.2) is 4.39 Å². The quantitative estimate of drug-likeness (QED) is 0.729. The Hall–Kier alpha value is -2.43. The monoisotopic (exact) mass is 315 g/mol.